The summed E-state index contributed by atoms with van der Waals surface area (Å²) < 4.78 is 0. The maximum absolute atomic E-state index is 12.3. The van der Waals surface area contributed by atoms with Crippen molar-refractivity contribution in [1.29, 1.82) is 0 Å². The molecular formula is C13H16N2O2. The molecule has 1 aliphatic heterocycles. The Bertz CT molecular complexity index is 430. The Balaban J connectivity index is 2.30. The lowest BCUT2D eigenvalue weighted by atomic mass is 9.85. The molecule has 1 unspecified atom stereocenters. The minimum Gasteiger partial charge on any atom is -0.354 e. The Morgan fingerprint density at radius 2 is 1.94 bits per heavy atom. The van der Waals surface area contributed by atoms with E-state index in [4.69, 9.17) is 5.73 Å². The monoisotopic (exact) mass is 232 g/mol. The highest BCUT2D eigenvalue weighted by molar-refractivity contribution is 6.17. The molecule has 1 atom stereocenters. The highest BCUT2D eigenvalue weighted by Gasteiger charge is 2.42. The first-order chi connectivity index (χ1) is 8.14. The molecule has 0 bridgehead atoms. The van der Waals surface area contributed by atoms with Crippen LogP contribution in [0.15, 0.2) is 30.3 Å². The maximum Gasteiger partial charge on any atom is 0.248 e. The third-order valence-corrected chi connectivity index (χ3v) is 3.13. The number of amides is 1. The van der Waals surface area contributed by atoms with Gasteiger partial charge in [0.05, 0.1) is 0 Å². The Kier molecular flexibility index (Phi) is 3.24. The van der Waals surface area contributed by atoms with E-state index in [2.05, 4.69) is 5.32 Å². The fourth-order valence-electron chi connectivity index (χ4n) is 2.07. The lowest BCUT2D eigenvalue weighted by Gasteiger charge is -2.24. The van der Waals surface area contributed by atoms with Gasteiger partial charge in [-0.15, -0.1) is 0 Å². The highest BCUT2D eigenvalue weighted by Crippen LogP contribution is 2.20. The fraction of sp³-hybridized carbons (Fsp3) is 0.385. The van der Waals surface area contributed by atoms with Gasteiger partial charge < -0.3 is 11.1 Å². The van der Waals surface area contributed by atoms with Crippen LogP contribution in [0.4, 0.5) is 0 Å². The minimum absolute atomic E-state index is 0.294. The number of hydrogen-bond donors (Lipinski definition) is 2. The first-order valence-electron chi connectivity index (χ1n) is 5.81. The summed E-state index contributed by atoms with van der Waals surface area (Å²) in [4.78, 5) is 24.2. The zero-order valence-electron chi connectivity index (χ0n) is 9.61. The molecule has 1 aromatic carbocycles. The van der Waals surface area contributed by atoms with Crippen LogP contribution in [0, 0.1) is 0 Å². The molecule has 3 N–H and O–H groups in total. The number of rotatable bonds is 2. The molecule has 0 spiro atoms. The molecule has 1 aliphatic rings. The molecule has 4 heteroatoms. The number of nitrogens with two attached hydrogens (primary N) is 1. The number of Topliss-reactive ketones (excluding diaryl/α,β-unsaturated/α-hetero) is 1. The van der Waals surface area contributed by atoms with Crippen LogP contribution in [0.1, 0.15) is 29.6 Å². The summed E-state index contributed by atoms with van der Waals surface area (Å²) in [5.41, 5.74) is 5.10. The van der Waals surface area contributed by atoms with E-state index in [1.54, 1.807) is 24.3 Å². The van der Waals surface area contributed by atoms with Gasteiger partial charge in [-0.2, -0.15) is 0 Å². The zero-order chi connectivity index (χ0) is 12.3. The van der Waals surface area contributed by atoms with Crippen LogP contribution < -0.4 is 11.1 Å². The van der Waals surface area contributed by atoms with Crippen molar-refractivity contribution >= 4 is 11.7 Å². The lowest BCUT2D eigenvalue weighted by Crippen LogP contribution is -2.58. The molecule has 17 heavy (non-hydrogen) atoms. The van der Waals surface area contributed by atoms with Crippen LogP contribution in [0.5, 0.6) is 0 Å². The standard InChI is InChI=1S/C13H16N2O2/c14-13(8-4-5-9-15-12(13)17)11(16)10-6-2-1-3-7-10/h1-3,6-7H,4-5,8-9,14H2,(H,15,17). The van der Waals surface area contributed by atoms with Gasteiger partial charge in [-0.25, -0.2) is 0 Å². The average Bonchev–Trinajstić information content (AvgIpc) is 2.53. The summed E-state index contributed by atoms with van der Waals surface area (Å²) >= 11 is 0. The molecule has 4 nitrogen and oxygen atoms in total. The van der Waals surface area contributed by atoms with Crippen LogP contribution in [-0.2, 0) is 4.79 Å². The van der Waals surface area contributed by atoms with E-state index in [9.17, 15) is 9.59 Å². The number of benzene rings is 1. The van der Waals surface area contributed by atoms with Gasteiger partial charge in [-0.05, 0) is 19.3 Å². The summed E-state index contributed by atoms with van der Waals surface area (Å²) in [5.74, 6) is -0.652. The van der Waals surface area contributed by atoms with E-state index in [0.717, 1.165) is 12.8 Å². The van der Waals surface area contributed by atoms with Crippen molar-refractivity contribution in [3.05, 3.63) is 35.9 Å². The number of carbonyl (C=O) groups excluding carboxylic acids is 2. The smallest absolute Gasteiger partial charge is 0.248 e. The van der Waals surface area contributed by atoms with Crippen LogP contribution in [0.3, 0.4) is 0 Å². The second-order valence-corrected chi connectivity index (χ2v) is 4.38. The van der Waals surface area contributed by atoms with Crippen LogP contribution in [0.2, 0.25) is 0 Å². The SMILES string of the molecule is NC1(C(=O)c2ccccc2)CCCCNC1=O. The van der Waals surface area contributed by atoms with Crippen molar-refractivity contribution in [2.45, 2.75) is 24.8 Å². The Labute approximate surface area is 100 Å². The summed E-state index contributed by atoms with van der Waals surface area (Å²) in [6.45, 7) is 0.597. The number of nitrogens with one attached hydrogen (secondary N) is 1. The zero-order valence-corrected chi connectivity index (χ0v) is 9.61. The first kappa shape index (κ1) is 11.8. The summed E-state index contributed by atoms with van der Waals surface area (Å²) in [5, 5.41) is 2.70. The van der Waals surface area contributed by atoms with Gasteiger partial charge >= 0.3 is 0 Å². The predicted octanol–water partition coefficient (Wildman–Crippen LogP) is 0.867. The topological polar surface area (TPSA) is 72.2 Å². The van der Waals surface area contributed by atoms with E-state index >= 15 is 0 Å². The predicted molar refractivity (Wildman–Crippen MR) is 64.6 cm³/mol. The second-order valence-electron chi connectivity index (χ2n) is 4.38. The van der Waals surface area contributed by atoms with Crippen molar-refractivity contribution in [2.24, 2.45) is 5.73 Å². The number of carbonyl (C=O) groups is 2. The van der Waals surface area contributed by atoms with Crippen LogP contribution >= 0.6 is 0 Å². The largest absolute Gasteiger partial charge is 0.354 e. The van der Waals surface area contributed by atoms with Crippen molar-refractivity contribution in [3.8, 4) is 0 Å². The van der Waals surface area contributed by atoms with Gasteiger partial charge in [0.2, 0.25) is 5.91 Å². The van der Waals surface area contributed by atoms with E-state index in [1.165, 1.54) is 0 Å². The normalized spacial score (nSPS) is 24.9. The number of hydrogen-bond acceptors (Lipinski definition) is 3. The minimum atomic E-state index is -1.40. The average molecular weight is 232 g/mol. The maximum atomic E-state index is 12.3. The molecule has 1 amide bonds. The van der Waals surface area contributed by atoms with Gasteiger partial charge in [-0.3, -0.25) is 9.59 Å². The van der Waals surface area contributed by atoms with Crippen LogP contribution in [-0.4, -0.2) is 23.8 Å². The molecular weight excluding hydrogens is 216 g/mol. The van der Waals surface area contributed by atoms with Gasteiger partial charge in [-0.1, -0.05) is 30.3 Å². The highest BCUT2D eigenvalue weighted by atomic mass is 16.2. The first-order valence-corrected chi connectivity index (χ1v) is 5.81. The molecule has 0 saturated carbocycles. The molecule has 0 radical (unpaired) electrons. The Morgan fingerprint density at radius 3 is 2.65 bits per heavy atom. The molecule has 0 aromatic heterocycles. The van der Waals surface area contributed by atoms with Crippen molar-refractivity contribution < 1.29 is 9.59 Å². The lowest BCUT2D eigenvalue weighted by molar-refractivity contribution is -0.124. The van der Waals surface area contributed by atoms with Gasteiger partial charge in [0, 0.05) is 12.1 Å². The molecule has 1 aromatic rings. The van der Waals surface area contributed by atoms with Gasteiger partial charge in [0.1, 0.15) is 0 Å². The van der Waals surface area contributed by atoms with Crippen molar-refractivity contribution in [3.63, 3.8) is 0 Å². The Morgan fingerprint density at radius 1 is 1.24 bits per heavy atom. The molecule has 90 valence electrons. The van der Waals surface area contributed by atoms with E-state index in [0.29, 0.717) is 18.5 Å². The molecule has 0 aliphatic carbocycles. The Hall–Kier alpha value is -1.68. The third kappa shape index (κ3) is 2.22. The fourth-order valence-corrected chi connectivity index (χ4v) is 2.07. The van der Waals surface area contributed by atoms with E-state index < -0.39 is 5.54 Å². The van der Waals surface area contributed by atoms with Gasteiger partial charge in [0.25, 0.3) is 0 Å². The molecule has 1 fully saturated rings. The second kappa shape index (κ2) is 4.67. The molecule has 2 rings (SSSR count). The molecule has 1 heterocycles. The molecule has 1 saturated heterocycles. The van der Waals surface area contributed by atoms with E-state index in [1.807, 2.05) is 6.07 Å². The van der Waals surface area contributed by atoms with Crippen molar-refractivity contribution in [2.75, 3.05) is 6.54 Å². The quantitative estimate of drug-likeness (QED) is 0.587. The summed E-state index contributed by atoms with van der Waals surface area (Å²) in [7, 11) is 0. The summed E-state index contributed by atoms with van der Waals surface area (Å²) in [6.07, 6.45) is 2.06. The van der Waals surface area contributed by atoms with E-state index in [-0.39, 0.29) is 11.7 Å². The van der Waals surface area contributed by atoms with Crippen molar-refractivity contribution in [1.82, 2.24) is 5.32 Å². The third-order valence-electron chi connectivity index (χ3n) is 3.13. The summed E-state index contributed by atoms with van der Waals surface area (Å²) in [6, 6.07) is 8.74. The van der Waals surface area contributed by atoms with Crippen LogP contribution in [0.25, 0.3) is 0 Å². The van der Waals surface area contributed by atoms with Gasteiger partial charge in [0.15, 0.2) is 11.3 Å². The number of ketones is 1.